The number of imidazole rings is 1. The second-order valence-corrected chi connectivity index (χ2v) is 5.47. The van der Waals surface area contributed by atoms with Crippen LogP contribution < -0.4 is 0 Å². The van der Waals surface area contributed by atoms with Gasteiger partial charge >= 0.3 is 0 Å². The van der Waals surface area contributed by atoms with Gasteiger partial charge in [0.2, 0.25) is 0 Å². The van der Waals surface area contributed by atoms with Crippen molar-refractivity contribution in [2.45, 2.75) is 19.8 Å². The average molecular weight is 293 g/mol. The molecular formula is C15H15N7. The molecule has 2 N–H and O–H groups in total. The van der Waals surface area contributed by atoms with E-state index in [4.69, 9.17) is 0 Å². The fraction of sp³-hybridized carbons (Fsp3) is 0.200. The summed E-state index contributed by atoms with van der Waals surface area (Å²) in [5, 5.41) is 15.2. The number of hydrogen-bond donors (Lipinski definition) is 2. The van der Waals surface area contributed by atoms with Crippen molar-refractivity contribution >= 4 is 11.0 Å². The zero-order valence-electron chi connectivity index (χ0n) is 12.3. The summed E-state index contributed by atoms with van der Waals surface area (Å²) in [5.74, 6) is 0.338. The molecule has 0 saturated heterocycles. The van der Waals surface area contributed by atoms with Crippen molar-refractivity contribution in [1.82, 2.24) is 34.9 Å². The van der Waals surface area contributed by atoms with Crippen LogP contribution in [0.1, 0.15) is 25.5 Å². The van der Waals surface area contributed by atoms with Gasteiger partial charge in [0.15, 0.2) is 5.65 Å². The van der Waals surface area contributed by atoms with Crippen molar-refractivity contribution in [2.24, 2.45) is 0 Å². The highest BCUT2D eigenvalue weighted by molar-refractivity contribution is 5.87. The van der Waals surface area contributed by atoms with Crippen molar-refractivity contribution in [3.05, 3.63) is 42.9 Å². The Morgan fingerprint density at radius 1 is 1.23 bits per heavy atom. The van der Waals surface area contributed by atoms with Crippen molar-refractivity contribution in [3.63, 3.8) is 0 Å². The van der Waals surface area contributed by atoms with Crippen LogP contribution in [0.2, 0.25) is 0 Å². The minimum atomic E-state index is 0.338. The summed E-state index contributed by atoms with van der Waals surface area (Å²) in [6.07, 6.45) is 9.13. The molecule has 0 unspecified atom stereocenters. The Hall–Kier alpha value is -2.96. The zero-order valence-corrected chi connectivity index (χ0v) is 12.3. The van der Waals surface area contributed by atoms with E-state index in [2.05, 4.69) is 44.2 Å². The highest BCUT2D eigenvalue weighted by Crippen LogP contribution is 2.28. The third kappa shape index (κ3) is 1.90. The van der Waals surface area contributed by atoms with E-state index in [1.807, 2.05) is 23.0 Å². The molecule has 0 aliphatic heterocycles. The van der Waals surface area contributed by atoms with Crippen molar-refractivity contribution in [3.8, 4) is 16.9 Å². The number of H-pyrrole nitrogens is 2. The summed E-state index contributed by atoms with van der Waals surface area (Å²) in [5.41, 5.74) is 4.65. The minimum Gasteiger partial charge on any atom is -0.305 e. The summed E-state index contributed by atoms with van der Waals surface area (Å²) >= 11 is 0. The monoisotopic (exact) mass is 293 g/mol. The molecule has 0 bridgehead atoms. The van der Waals surface area contributed by atoms with Crippen molar-refractivity contribution < 1.29 is 0 Å². The lowest BCUT2D eigenvalue weighted by atomic mass is 10.1. The lowest BCUT2D eigenvalue weighted by Crippen LogP contribution is -1.95. The number of hydrogen-bond acceptors (Lipinski definition) is 4. The van der Waals surface area contributed by atoms with Crippen LogP contribution in [0, 0.1) is 0 Å². The fourth-order valence-corrected chi connectivity index (χ4v) is 2.58. The Labute approximate surface area is 126 Å². The van der Waals surface area contributed by atoms with Crippen LogP contribution in [0.15, 0.2) is 37.2 Å². The van der Waals surface area contributed by atoms with E-state index in [9.17, 15) is 0 Å². The van der Waals surface area contributed by atoms with Crippen LogP contribution >= 0.6 is 0 Å². The van der Waals surface area contributed by atoms with Gasteiger partial charge in [-0.1, -0.05) is 13.8 Å². The molecule has 0 spiro atoms. The topological polar surface area (TPSA) is 88.1 Å². The Balaban J connectivity index is 1.89. The Morgan fingerprint density at radius 2 is 2.14 bits per heavy atom. The second kappa shape index (κ2) is 4.80. The summed E-state index contributed by atoms with van der Waals surface area (Å²) in [6, 6.07) is 1.98. The van der Waals surface area contributed by atoms with Crippen LogP contribution in [0.25, 0.3) is 28.0 Å². The number of aromatic nitrogens is 7. The molecule has 7 nitrogen and oxygen atoms in total. The van der Waals surface area contributed by atoms with E-state index in [0.29, 0.717) is 5.92 Å². The van der Waals surface area contributed by atoms with Gasteiger partial charge in [0, 0.05) is 29.8 Å². The van der Waals surface area contributed by atoms with Gasteiger partial charge in [-0.2, -0.15) is 10.2 Å². The number of nitrogens with one attached hydrogen (secondary N) is 2. The van der Waals surface area contributed by atoms with Crippen LogP contribution in [0.5, 0.6) is 0 Å². The minimum absolute atomic E-state index is 0.338. The quantitative estimate of drug-likeness (QED) is 0.608. The maximum Gasteiger partial charge on any atom is 0.183 e. The lowest BCUT2D eigenvalue weighted by Gasteiger charge is -2.07. The molecule has 0 aliphatic rings. The van der Waals surface area contributed by atoms with Gasteiger partial charge in [-0.25, -0.2) is 9.97 Å². The smallest absolute Gasteiger partial charge is 0.183 e. The molecule has 4 rings (SSSR count). The van der Waals surface area contributed by atoms with Crippen molar-refractivity contribution in [1.29, 1.82) is 0 Å². The van der Waals surface area contributed by atoms with Gasteiger partial charge in [-0.05, 0) is 12.0 Å². The van der Waals surface area contributed by atoms with E-state index in [1.165, 1.54) is 0 Å². The molecule has 0 saturated carbocycles. The first kappa shape index (κ1) is 12.8. The maximum atomic E-state index is 4.45. The largest absolute Gasteiger partial charge is 0.305 e. The number of rotatable bonds is 3. The number of nitrogens with zero attached hydrogens (tertiary/aromatic N) is 5. The number of fused-ring (bicyclic) bond motifs is 1. The summed E-state index contributed by atoms with van der Waals surface area (Å²) in [6.45, 7) is 4.27. The molecule has 4 aromatic heterocycles. The molecular weight excluding hydrogens is 278 g/mol. The lowest BCUT2D eigenvalue weighted by molar-refractivity contribution is 0.816. The SMILES string of the molecule is CC(C)c1[nH]nc2nccc(-n3cnc(-c4cn[nH]c4)c3)c12. The average Bonchev–Trinajstić information content (AvgIpc) is 3.25. The molecule has 110 valence electrons. The first-order valence-corrected chi connectivity index (χ1v) is 7.10. The predicted molar refractivity (Wildman–Crippen MR) is 82.7 cm³/mol. The van der Waals surface area contributed by atoms with E-state index in [-0.39, 0.29) is 0 Å². The molecule has 0 aromatic carbocycles. The molecule has 0 atom stereocenters. The summed E-state index contributed by atoms with van der Waals surface area (Å²) < 4.78 is 1.99. The van der Waals surface area contributed by atoms with E-state index >= 15 is 0 Å². The van der Waals surface area contributed by atoms with Crippen LogP contribution in [0.4, 0.5) is 0 Å². The predicted octanol–water partition coefficient (Wildman–Crippen LogP) is 2.66. The molecule has 0 radical (unpaired) electrons. The number of aromatic amines is 2. The van der Waals surface area contributed by atoms with Crippen molar-refractivity contribution in [2.75, 3.05) is 0 Å². The Morgan fingerprint density at radius 3 is 2.91 bits per heavy atom. The van der Waals surface area contributed by atoms with Gasteiger partial charge in [0.25, 0.3) is 0 Å². The van der Waals surface area contributed by atoms with E-state index in [1.54, 1.807) is 18.7 Å². The van der Waals surface area contributed by atoms with Gasteiger partial charge in [-0.15, -0.1) is 0 Å². The standard InChI is InChI=1S/C15H15N7/c1-9(2)14-13-12(3-4-16-15(13)21-20-14)22-7-11(17-8-22)10-5-18-19-6-10/h3-9H,1-2H3,(H,18,19)(H,16,20,21). The first-order chi connectivity index (χ1) is 10.7. The second-order valence-electron chi connectivity index (χ2n) is 5.47. The van der Waals surface area contributed by atoms with Crippen LogP contribution in [-0.2, 0) is 0 Å². The van der Waals surface area contributed by atoms with Crippen LogP contribution in [0.3, 0.4) is 0 Å². The van der Waals surface area contributed by atoms with E-state index in [0.717, 1.165) is 33.7 Å². The van der Waals surface area contributed by atoms with E-state index < -0.39 is 0 Å². The molecule has 0 fully saturated rings. The zero-order chi connectivity index (χ0) is 15.1. The first-order valence-electron chi connectivity index (χ1n) is 7.10. The van der Waals surface area contributed by atoms with Gasteiger partial charge < -0.3 is 4.57 Å². The Kier molecular flexibility index (Phi) is 2.78. The van der Waals surface area contributed by atoms with Gasteiger partial charge in [-0.3, -0.25) is 10.2 Å². The Bertz CT molecular complexity index is 915. The highest BCUT2D eigenvalue weighted by Gasteiger charge is 2.15. The normalized spacial score (nSPS) is 11.6. The highest BCUT2D eigenvalue weighted by atomic mass is 15.2. The third-order valence-corrected chi connectivity index (χ3v) is 3.69. The third-order valence-electron chi connectivity index (χ3n) is 3.69. The molecule has 4 aromatic rings. The van der Waals surface area contributed by atoms with Crippen LogP contribution in [-0.4, -0.2) is 34.9 Å². The molecule has 0 aliphatic carbocycles. The maximum absolute atomic E-state index is 4.45. The van der Waals surface area contributed by atoms with Gasteiger partial charge in [0.1, 0.15) is 0 Å². The van der Waals surface area contributed by atoms with Gasteiger partial charge in [0.05, 0.1) is 29.3 Å². The number of pyridine rings is 1. The molecule has 4 heterocycles. The molecule has 22 heavy (non-hydrogen) atoms. The molecule has 7 heteroatoms. The summed E-state index contributed by atoms with van der Waals surface area (Å²) in [4.78, 5) is 8.79. The summed E-state index contributed by atoms with van der Waals surface area (Å²) in [7, 11) is 0. The fourth-order valence-electron chi connectivity index (χ4n) is 2.58. The molecule has 0 amide bonds.